The fourth-order valence-electron chi connectivity index (χ4n) is 1.26. The Morgan fingerprint density at radius 2 is 2.20 bits per heavy atom. The minimum atomic E-state index is 0.0647. The van der Waals surface area contributed by atoms with E-state index in [-0.39, 0.29) is 11.3 Å². The number of hydrogen-bond donors (Lipinski definition) is 1. The van der Waals surface area contributed by atoms with Crippen LogP contribution in [0, 0.1) is 0 Å². The van der Waals surface area contributed by atoms with E-state index in [1.807, 2.05) is 7.05 Å². The molecule has 0 aliphatic carbocycles. The first kappa shape index (κ1) is 11.9. The second kappa shape index (κ2) is 4.57. The minimum Gasteiger partial charge on any atom is -0.312 e. The third kappa shape index (κ3) is 4.25. The van der Waals surface area contributed by atoms with Crippen molar-refractivity contribution in [3.63, 3.8) is 0 Å². The van der Waals surface area contributed by atoms with E-state index in [2.05, 4.69) is 31.2 Å². The lowest BCUT2D eigenvalue weighted by molar-refractivity contribution is 0.0980. The maximum Gasteiger partial charge on any atom is 0.167 e. The van der Waals surface area contributed by atoms with E-state index in [4.69, 9.17) is 0 Å². The number of nitrogens with one attached hydrogen (secondary N) is 1. The topological polar surface area (TPSA) is 46.9 Å². The molecule has 0 aromatic carbocycles. The van der Waals surface area contributed by atoms with Crippen LogP contribution in [-0.4, -0.2) is 27.6 Å². The summed E-state index contributed by atoms with van der Waals surface area (Å²) in [5.74, 6) is 0.139. The lowest BCUT2D eigenvalue weighted by Crippen LogP contribution is -2.37. The molecule has 15 heavy (non-hydrogen) atoms. The van der Waals surface area contributed by atoms with Crippen molar-refractivity contribution in [2.75, 3.05) is 6.54 Å². The summed E-state index contributed by atoms with van der Waals surface area (Å²) in [5, 5.41) is 7.25. The Labute approximate surface area is 90.7 Å². The van der Waals surface area contributed by atoms with Crippen LogP contribution in [0.15, 0.2) is 12.4 Å². The van der Waals surface area contributed by atoms with E-state index in [1.54, 1.807) is 17.1 Å². The van der Waals surface area contributed by atoms with Crippen molar-refractivity contribution in [1.82, 2.24) is 15.1 Å². The number of carbonyl (C=O) groups is 1. The fraction of sp³-hybridized carbons (Fsp3) is 0.636. The molecule has 1 aromatic rings. The average molecular weight is 209 g/mol. The van der Waals surface area contributed by atoms with Crippen molar-refractivity contribution in [3.8, 4) is 0 Å². The van der Waals surface area contributed by atoms with Gasteiger partial charge in [-0.3, -0.25) is 9.48 Å². The van der Waals surface area contributed by atoms with Crippen LogP contribution in [0.25, 0.3) is 0 Å². The van der Waals surface area contributed by atoms with Crippen LogP contribution in [0.3, 0.4) is 0 Å². The Hall–Kier alpha value is -1.16. The van der Waals surface area contributed by atoms with Crippen molar-refractivity contribution in [3.05, 3.63) is 18.0 Å². The first-order chi connectivity index (χ1) is 6.88. The smallest absolute Gasteiger partial charge is 0.167 e. The van der Waals surface area contributed by atoms with Crippen LogP contribution in [0.1, 0.15) is 37.6 Å². The Bertz CT molecular complexity index is 336. The van der Waals surface area contributed by atoms with Gasteiger partial charge in [-0.2, -0.15) is 5.10 Å². The van der Waals surface area contributed by atoms with E-state index in [0.717, 1.165) is 0 Å². The second-order valence-electron chi connectivity index (χ2n) is 4.75. The molecular weight excluding hydrogens is 190 g/mol. The lowest BCUT2D eigenvalue weighted by atomic mass is 10.1. The highest BCUT2D eigenvalue weighted by Crippen LogP contribution is 2.03. The standard InChI is InChI=1S/C11H19N3O/c1-11(2,3)12-6-5-10(15)9-7-13-14(4)8-9/h7-8,12H,5-6H2,1-4H3. The second-order valence-corrected chi connectivity index (χ2v) is 4.75. The van der Waals surface area contributed by atoms with Crippen molar-refractivity contribution in [1.29, 1.82) is 0 Å². The molecule has 0 fully saturated rings. The Morgan fingerprint density at radius 3 is 2.67 bits per heavy atom. The van der Waals surface area contributed by atoms with Crippen LogP contribution < -0.4 is 5.32 Å². The molecule has 0 spiro atoms. The number of ketones is 1. The molecule has 1 heterocycles. The molecule has 0 saturated carbocycles. The molecule has 1 rings (SSSR count). The van der Waals surface area contributed by atoms with E-state index in [1.165, 1.54) is 0 Å². The van der Waals surface area contributed by atoms with Crippen molar-refractivity contribution in [2.24, 2.45) is 7.05 Å². The van der Waals surface area contributed by atoms with Crippen LogP contribution >= 0.6 is 0 Å². The van der Waals surface area contributed by atoms with Gasteiger partial charge in [0.05, 0.1) is 11.8 Å². The van der Waals surface area contributed by atoms with Gasteiger partial charge >= 0.3 is 0 Å². The highest BCUT2D eigenvalue weighted by Gasteiger charge is 2.11. The van der Waals surface area contributed by atoms with Crippen LogP contribution in [0.2, 0.25) is 0 Å². The molecule has 0 aliphatic rings. The van der Waals surface area contributed by atoms with E-state index in [9.17, 15) is 4.79 Å². The molecule has 0 saturated heterocycles. The number of nitrogens with zero attached hydrogens (tertiary/aromatic N) is 2. The molecule has 1 N–H and O–H groups in total. The van der Waals surface area contributed by atoms with Gasteiger partial charge in [-0.05, 0) is 20.8 Å². The normalized spacial score (nSPS) is 11.7. The first-order valence-corrected chi connectivity index (χ1v) is 5.15. The molecule has 4 nitrogen and oxygen atoms in total. The van der Waals surface area contributed by atoms with Gasteiger partial charge in [-0.15, -0.1) is 0 Å². The van der Waals surface area contributed by atoms with Gasteiger partial charge in [0.25, 0.3) is 0 Å². The van der Waals surface area contributed by atoms with Crippen LogP contribution in [-0.2, 0) is 7.05 Å². The Morgan fingerprint density at radius 1 is 1.53 bits per heavy atom. The predicted molar refractivity (Wildman–Crippen MR) is 59.9 cm³/mol. The predicted octanol–water partition coefficient (Wildman–Crippen LogP) is 1.38. The molecule has 0 bridgehead atoms. The fourth-order valence-corrected chi connectivity index (χ4v) is 1.26. The summed E-state index contributed by atoms with van der Waals surface area (Å²) in [6.07, 6.45) is 3.88. The summed E-state index contributed by atoms with van der Waals surface area (Å²) in [6.45, 7) is 6.96. The third-order valence-electron chi connectivity index (χ3n) is 2.03. The van der Waals surface area contributed by atoms with Crippen molar-refractivity contribution >= 4 is 5.78 Å². The molecule has 1 aromatic heterocycles. The largest absolute Gasteiger partial charge is 0.312 e. The van der Waals surface area contributed by atoms with Gasteiger partial charge in [0.15, 0.2) is 5.78 Å². The summed E-state index contributed by atoms with van der Waals surface area (Å²) in [4.78, 5) is 11.7. The van der Waals surface area contributed by atoms with Crippen molar-refractivity contribution < 1.29 is 4.79 Å². The zero-order valence-corrected chi connectivity index (χ0v) is 9.87. The number of aromatic nitrogens is 2. The molecule has 0 unspecified atom stereocenters. The van der Waals surface area contributed by atoms with Crippen LogP contribution in [0.5, 0.6) is 0 Å². The molecule has 84 valence electrons. The highest BCUT2D eigenvalue weighted by molar-refractivity contribution is 5.95. The zero-order valence-electron chi connectivity index (χ0n) is 9.87. The molecule has 4 heteroatoms. The third-order valence-corrected chi connectivity index (χ3v) is 2.03. The number of carbonyl (C=O) groups excluding carboxylic acids is 1. The maximum atomic E-state index is 11.7. The minimum absolute atomic E-state index is 0.0647. The number of aryl methyl sites for hydroxylation is 1. The molecule has 0 aliphatic heterocycles. The first-order valence-electron chi connectivity index (χ1n) is 5.15. The van der Waals surface area contributed by atoms with Crippen molar-refractivity contribution in [2.45, 2.75) is 32.7 Å². The van der Waals surface area contributed by atoms with Crippen LogP contribution in [0.4, 0.5) is 0 Å². The SMILES string of the molecule is Cn1cc(C(=O)CCNC(C)(C)C)cn1. The summed E-state index contributed by atoms with van der Waals surface area (Å²) in [7, 11) is 1.81. The lowest BCUT2D eigenvalue weighted by Gasteiger charge is -2.19. The van der Waals surface area contributed by atoms with Gasteiger partial charge in [-0.25, -0.2) is 0 Å². The molecular formula is C11H19N3O. The number of rotatable bonds is 4. The van der Waals surface area contributed by atoms with Gasteiger partial charge in [0, 0.05) is 31.7 Å². The summed E-state index contributed by atoms with van der Waals surface area (Å²) in [5.41, 5.74) is 0.753. The molecule has 0 amide bonds. The number of hydrogen-bond acceptors (Lipinski definition) is 3. The van der Waals surface area contributed by atoms with Gasteiger partial charge in [-0.1, -0.05) is 0 Å². The van der Waals surface area contributed by atoms with Gasteiger partial charge in [0.1, 0.15) is 0 Å². The summed E-state index contributed by atoms with van der Waals surface area (Å²) < 4.78 is 1.64. The Kier molecular flexibility index (Phi) is 3.63. The van der Waals surface area contributed by atoms with E-state index < -0.39 is 0 Å². The molecule has 0 atom stereocenters. The maximum absolute atomic E-state index is 11.7. The summed E-state index contributed by atoms with van der Waals surface area (Å²) in [6, 6.07) is 0. The Balaban J connectivity index is 2.37. The van der Waals surface area contributed by atoms with E-state index >= 15 is 0 Å². The highest BCUT2D eigenvalue weighted by atomic mass is 16.1. The average Bonchev–Trinajstić information content (AvgIpc) is 2.49. The molecule has 0 radical (unpaired) electrons. The number of Topliss-reactive ketones (excluding diaryl/α,β-unsaturated/α-hetero) is 1. The van der Waals surface area contributed by atoms with E-state index in [0.29, 0.717) is 18.5 Å². The monoisotopic (exact) mass is 209 g/mol. The zero-order chi connectivity index (χ0) is 11.5. The quantitative estimate of drug-likeness (QED) is 0.762. The summed E-state index contributed by atoms with van der Waals surface area (Å²) >= 11 is 0. The van der Waals surface area contributed by atoms with Gasteiger partial charge in [0.2, 0.25) is 0 Å². The van der Waals surface area contributed by atoms with Gasteiger partial charge < -0.3 is 5.32 Å².